The summed E-state index contributed by atoms with van der Waals surface area (Å²) >= 11 is 0. The second-order valence-electron chi connectivity index (χ2n) is 12.7. The maximum absolute atomic E-state index is 12.8. The summed E-state index contributed by atoms with van der Waals surface area (Å²) in [5.41, 5.74) is 0.445. The molecule has 44 heavy (non-hydrogen) atoms. The predicted molar refractivity (Wildman–Crippen MR) is 167 cm³/mol. The van der Waals surface area contributed by atoms with Crippen molar-refractivity contribution in [1.82, 2.24) is 0 Å². The van der Waals surface area contributed by atoms with E-state index in [-0.39, 0.29) is 12.6 Å². The van der Waals surface area contributed by atoms with Gasteiger partial charge in [-0.1, -0.05) is 33.6 Å². The smallest absolute Gasteiger partial charge is 0.343 e. The maximum Gasteiger partial charge on any atom is 0.343 e. The van der Waals surface area contributed by atoms with Crippen LogP contribution in [0.2, 0.25) is 0 Å². The third-order valence-electron chi connectivity index (χ3n) is 8.69. The average molecular weight is 611 g/mol. The summed E-state index contributed by atoms with van der Waals surface area (Å²) < 4.78 is 41.3. The molecule has 1 aliphatic carbocycles. The minimum absolute atomic E-state index is 0.312. The van der Waals surface area contributed by atoms with Crippen LogP contribution in [-0.2, 0) is 18.9 Å². The van der Waals surface area contributed by atoms with Crippen molar-refractivity contribution in [2.45, 2.75) is 122 Å². The Labute approximate surface area is 262 Å². The van der Waals surface area contributed by atoms with Gasteiger partial charge in [0.05, 0.1) is 43.2 Å². The fourth-order valence-electron chi connectivity index (χ4n) is 5.77. The van der Waals surface area contributed by atoms with Crippen molar-refractivity contribution in [1.29, 1.82) is 0 Å². The van der Waals surface area contributed by atoms with E-state index >= 15 is 0 Å². The molecule has 3 fully saturated rings. The topological polar surface area (TPSA) is 88.3 Å². The van der Waals surface area contributed by atoms with Crippen molar-refractivity contribution in [3.05, 3.63) is 54.1 Å². The van der Waals surface area contributed by atoms with Gasteiger partial charge in [-0.25, -0.2) is 4.79 Å². The average Bonchev–Trinajstić information content (AvgIpc) is 3.95. The van der Waals surface area contributed by atoms with E-state index in [1.54, 1.807) is 48.5 Å². The Balaban J connectivity index is 1.05. The van der Waals surface area contributed by atoms with E-state index < -0.39 is 5.97 Å². The van der Waals surface area contributed by atoms with Crippen LogP contribution < -0.4 is 14.2 Å². The van der Waals surface area contributed by atoms with Gasteiger partial charge in [0.25, 0.3) is 0 Å². The molecule has 8 heteroatoms. The van der Waals surface area contributed by atoms with E-state index in [9.17, 15) is 4.79 Å². The van der Waals surface area contributed by atoms with Crippen LogP contribution in [0.4, 0.5) is 0 Å². The summed E-state index contributed by atoms with van der Waals surface area (Å²) in [5.74, 6) is 2.33. The van der Waals surface area contributed by atoms with Gasteiger partial charge in [-0.2, -0.15) is 0 Å². The SMILES string of the molecule is CCCC(OCC(C)CCC1OC1C)Oc1ccc(OC(=O)c2ccc(OC(CCC)OCC3CCC4OC4C3)cc2)cc1. The zero-order chi connectivity index (χ0) is 30.9. The van der Waals surface area contributed by atoms with Crippen LogP contribution in [-0.4, -0.2) is 56.2 Å². The van der Waals surface area contributed by atoms with Gasteiger partial charge in [0.1, 0.15) is 17.2 Å². The first kappa shape index (κ1) is 32.7. The van der Waals surface area contributed by atoms with Crippen molar-refractivity contribution >= 4 is 5.97 Å². The zero-order valence-corrected chi connectivity index (χ0v) is 26.8. The highest BCUT2D eigenvalue weighted by atomic mass is 16.7. The van der Waals surface area contributed by atoms with Gasteiger partial charge in [0, 0.05) is 12.8 Å². The van der Waals surface area contributed by atoms with Crippen LogP contribution in [0.5, 0.6) is 17.2 Å². The third-order valence-corrected chi connectivity index (χ3v) is 8.69. The number of benzene rings is 2. The molecule has 242 valence electrons. The highest BCUT2D eigenvalue weighted by Crippen LogP contribution is 2.39. The summed E-state index contributed by atoms with van der Waals surface area (Å²) in [6.07, 6.45) is 10.2. The van der Waals surface area contributed by atoms with Gasteiger partial charge in [-0.05, 0) is 99.4 Å². The van der Waals surface area contributed by atoms with Crippen molar-refractivity contribution in [2.24, 2.45) is 11.8 Å². The Morgan fingerprint density at radius 3 is 2.05 bits per heavy atom. The molecule has 8 unspecified atom stereocenters. The highest BCUT2D eigenvalue weighted by molar-refractivity contribution is 5.91. The summed E-state index contributed by atoms with van der Waals surface area (Å²) in [4.78, 5) is 12.8. The van der Waals surface area contributed by atoms with Crippen LogP contribution in [0.25, 0.3) is 0 Å². The van der Waals surface area contributed by atoms with E-state index in [4.69, 9.17) is 33.2 Å². The first-order chi connectivity index (χ1) is 21.4. The maximum atomic E-state index is 12.8. The first-order valence-corrected chi connectivity index (χ1v) is 16.7. The first-order valence-electron chi connectivity index (χ1n) is 16.7. The molecule has 0 amide bonds. The van der Waals surface area contributed by atoms with Crippen molar-refractivity contribution in [3.63, 3.8) is 0 Å². The molecule has 2 heterocycles. The summed E-state index contributed by atoms with van der Waals surface area (Å²) in [7, 11) is 0. The molecule has 1 saturated carbocycles. The second kappa shape index (κ2) is 16.1. The minimum atomic E-state index is -0.434. The number of epoxide rings is 2. The molecule has 2 aromatic carbocycles. The fourth-order valence-corrected chi connectivity index (χ4v) is 5.77. The summed E-state index contributed by atoms with van der Waals surface area (Å²) in [6.45, 7) is 9.89. The highest BCUT2D eigenvalue weighted by Gasteiger charge is 2.44. The molecule has 0 radical (unpaired) electrons. The molecule has 8 atom stereocenters. The molecular weight excluding hydrogens is 560 g/mol. The van der Waals surface area contributed by atoms with Crippen LogP contribution in [0.1, 0.15) is 95.8 Å². The minimum Gasteiger partial charge on any atom is -0.465 e. The largest absolute Gasteiger partial charge is 0.465 e. The number of hydrogen-bond donors (Lipinski definition) is 0. The van der Waals surface area contributed by atoms with Gasteiger partial charge < -0.3 is 33.2 Å². The number of rotatable bonds is 19. The number of carbonyl (C=O) groups excluding carboxylic acids is 1. The van der Waals surface area contributed by atoms with Gasteiger partial charge in [0.2, 0.25) is 0 Å². The van der Waals surface area contributed by atoms with E-state index in [2.05, 4.69) is 27.7 Å². The van der Waals surface area contributed by atoms with E-state index in [0.717, 1.165) is 57.8 Å². The Morgan fingerprint density at radius 2 is 1.43 bits per heavy atom. The number of carbonyl (C=O) groups is 1. The Bertz CT molecular complexity index is 1150. The molecule has 0 aromatic heterocycles. The lowest BCUT2D eigenvalue weighted by Gasteiger charge is -2.24. The standard InChI is InChI=1S/C36H50O8/c1-5-7-34(38-22-24(3)9-19-31-25(4)40-31)42-29-15-17-30(18-16-29)43-36(37)27-11-13-28(14-12-27)41-35(8-6-2)39-23-26-10-20-32-33(21-26)44-32/h11-18,24-26,31-35H,5-10,19-23H2,1-4H3. The monoisotopic (exact) mass is 610 g/mol. The van der Waals surface area contributed by atoms with Crippen LogP contribution in [0.15, 0.2) is 48.5 Å². The van der Waals surface area contributed by atoms with Crippen LogP contribution >= 0.6 is 0 Å². The molecule has 8 nitrogen and oxygen atoms in total. The van der Waals surface area contributed by atoms with Gasteiger partial charge in [-0.3, -0.25) is 0 Å². The molecule has 2 saturated heterocycles. The fraction of sp³-hybridized carbons (Fsp3) is 0.639. The zero-order valence-electron chi connectivity index (χ0n) is 26.8. The van der Waals surface area contributed by atoms with E-state index in [1.165, 1.54) is 0 Å². The van der Waals surface area contributed by atoms with E-state index in [0.29, 0.717) is 72.3 Å². The van der Waals surface area contributed by atoms with Crippen LogP contribution in [0.3, 0.4) is 0 Å². The van der Waals surface area contributed by atoms with Gasteiger partial charge in [0.15, 0.2) is 12.6 Å². The molecule has 2 aromatic rings. The number of ether oxygens (including phenoxy) is 7. The Hall–Kier alpha value is -2.65. The lowest BCUT2D eigenvalue weighted by molar-refractivity contribution is -0.0981. The molecule has 2 aliphatic heterocycles. The molecule has 3 aliphatic rings. The van der Waals surface area contributed by atoms with Crippen molar-refractivity contribution < 1.29 is 38.0 Å². The number of fused-ring (bicyclic) bond motifs is 1. The third kappa shape index (κ3) is 10.2. The van der Waals surface area contributed by atoms with Gasteiger partial charge in [-0.15, -0.1) is 0 Å². The van der Waals surface area contributed by atoms with E-state index in [1.807, 2.05) is 0 Å². The van der Waals surface area contributed by atoms with Gasteiger partial charge >= 0.3 is 5.97 Å². The summed E-state index contributed by atoms with van der Waals surface area (Å²) in [6, 6.07) is 14.1. The molecular formula is C36H50O8. The molecule has 0 spiro atoms. The second-order valence-corrected chi connectivity index (χ2v) is 12.7. The molecule has 5 rings (SSSR count). The van der Waals surface area contributed by atoms with Crippen LogP contribution in [0, 0.1) is 11.8 Å². The summed E-state index contributed by atoms with van der Waals surface area (Å²) in [5, 5.41) is 0. The Morgan fingerprint density at radius 1 is 0.818 bits per heavy atom. The normalized spacial score (nSPS) is 25.8. The lowest BCUT2D eigenvalue weighted by Crippen LogP contribution is -2.26. The molecule has 0 N–H and O–H groups in total. The predicted octanol–water partition coefficient (Wildman–Crippen LogP) is 7.72. The Kier molecular flexibility index (Phi) is 12.0. The number of hydrogen-bond acceptors (Lipinski definition) is 8. The quantitative estimate of drug-likeness (QED) is 0.0691. The molecule has 0 bridgehead atoms. The lowest BCUT2D eigenvalue weighted by atomic mass is 9.90. The van der Waals surface area contributed by atoms with Crippen molar-refractivity contribution in [2.75, 3.05) is 13.2 Å². The van der Waals surface area contributed by atoms with Crippen molar-refractivity contribution in [3.8, 4) is 17.2 Å². The number of esters is 1.